The predicted octanol–water partition coefficient (Wildman–Crippen LogP) is 6.49. The molecule has 0 aliphatic heterocycles. The van der Waals surface area contributed by atoms with Crippen molar-refractivity contribution in [2.75, 3.05) is 14.2 Å². The van der Waals surface area contributed by atoms with Crippen LogP contribution in [0.4, 0.5) is 13.2 Å². The van der Waals surface area contributed by atoms with Crippen molar-refractivity contribution in [2.45, 2.75) is 59.0 Å². The number of aliphatic hydroxyl groups excluding tert-OH is 1. The molecule has 0 bridgehead atoms. The monoisotopic (exact) mass is 571 g/mol. The fourth-order valence-corrected chi connectivity index (χ4v) is 6.38. The standard InChI is InChI=1S/C31H32F3NO4.CH4O/c1-16-26(29(36)37)31(16)9-8-20-22(32)12-24(28(34)27(20)31)39-15-17-6-7-19(18(10-17)13-30(2,3)4)21-11-25(38-5)35-14-23(21)33;1-2/h6-7,10-12,14,16,26H,8-9,13,15H2,1-5H3,(H,36,37);2H,1H3/t16-,26?,31?;/m0./s1. The average Bonchev–Trinajstić information content (AvgIpc) is 3.30. The highest BCUT2D eigenvalue weighted by Gasteiger charge is 2.70. The minimum absolute atomic E-state index is 0.0420. The molecule has 1 aromatic heterocycles. The number of hydrogen-bond donors (Lipinski definition) is 2. The molecule has 0 amide bonds. The third-order valence-electron chi connectivity index (χ3n) is 8.18. The molecular formula is C32H36F3NO5. The number of aliphatic carboxylic acids is 1. The number of benzene rings is 2. The first-order chi connectivity index (χ1) is 19.4. The molecule has 1 fully saturated rings. The molecule has 2 N–H and O–H groups in total. The van der Waals surface area contributed by atoms with Gasteiger partial charge in [0.25, 0.3) is 0 Å². The number of ether oxygens (including phenoxy) is 2. The number of methoxy groups -OCH3 is 1. The molecular weight excluding hydrogens is 535 g/mol. The van der Waals surface area contributed by atoms with E-state index in [1.54, 1.807) is 25.1 Å². The molecule has 2 unspecified atom stereocenters. The Labute approximate surface area is 238 Å². The molecule has 3 atom stereocenters. The van der Waals surface area contributed by atoms with Gasteiger partial charge in [-0.05, 0) is 52.8 Å². The maximum Gasteiger partial charge on any atom is 0.307 e. The lowest BCUT2D eigenvalue weighted by atomic mass is 9.84. The number of carboxylic acid groups (broad SMARTS) is 1. The van der Waals surface area contributed by atoms with Gasteiger partial charge in [-0.15, -0.1) is 0 Å². The van der Waals surface area contributed by atoms with Gasteiger partial charge in [-0.2, -0.15) is 0 Å². The molecule has 3 aromatic rings. The van der Waals surface area contributed by atoms with E-state index in [0.717, 1.165) is 24.9 Å². The van der Waals surface area contributed by atoms with Crippen LogP contribution >= 0.6 is 0 Å². The van der Waals surface area contributed by atoms with Crippen LogP contribution in [0.1, 0.15) is 56.4 Å². The first-order valence-electron chi connectivity index (χ1n) is 13.5. The van der Waals surface area contributed by atoms with E-state index in [2.05, 4.69) is 25.8 Å². The van der Waals surface area contributed by atoms with Crippen molar-refractivity contribution in [2.24, 2.45) is 17.3 Å². The number of rotatable bonds is 7. The van der Waals surface area contributed by atoms with Gasteiger partial charge >= 0.3 is 5.97 Å². The van der Waals surface area contributed by atoms with Gasteiger partial charge in [-0.1, -0.05) is 45.9 Å². The van der Waals surface area contributed by atoms with E-state index in [4.69, 9.17) is 14.6 Å². The number of carboxylic acids is 1. The van der Waals surface area contributed by atoms with Crippen molar-refractivity contribution >= 4 is 5.97 Å². The third-order valence-corrected chi connectivity index (χ3v) is 8.18. The van der Waals surface area contributed by atoms with Gasteiger partial charge < -0.3 is 19.7 Å². The van der Waals surface area contributed by atoms with Crippen LogP contribution in [-0.4, -0.2) is 35.4 Å². The van der Waals surface area contributed by atoms with E-state index in [1.807, 2.05) is 6.07 Å². The van der Waals surface area contributed by atoms with E-state index >= 15 is 8.78 Å². The van der Waals surface area contributed by atoms with Gasteiger partial charge in [0.05, 0.1) is 19.2 Å². The summed E-state index contributed by atoms with van der Waals surface area (Å²) in [5.74, 6) is -3.68. The zero-order valence-electron chi connectivity index (χ0n) is 24.1. The minimum Gasteiger partial charge on any atom is -0.486 e. The highest BCUT2D eigenvalue weighted by atomic mass is 19.1. The van der Waals surface area contributed by atoms with Crippen LogP contribution in [0.15, 0.2) is 36.5 Å². The zero-order valence-corrected chi connectivity index (χ0v) is 24.1. The maximum absolute atomic E-state index is 15.8. The van der Waals surface area contributed by atoms with E-state index in [0.29, 0.717) is 41.8 Å². The van der Waals surface area contributed by atoms with Crippen molar-refractivity contribution in [3.8, 4) is 22.8 Å². The summed E-state index contributed by atoms with van der Waals surface area (Å²) in [6.45, 7) is 7.96. The Bertz CT molecular complexity index is 1470. The van der Waals surface area contributed by atoms with Crippen molar-refractivity contribution in [3.63, 3.8) is 0 Å². The van der Waals surface area contributed by atoms with E-state index in [1.165, 1.54) is 7.11 Å². The second-order valence-electron chi connectivity index (χ2n) is 11.9. The fraction of sp³-hybridized carbons (Fsp3) is 0.438. The Kier molecular flexibility index (Phi) is 8.41. The van der Waals surface area contributed by atoms with E-state index in [9.17, 15) is 14.3 Å². The van der Waals surface area contributed by atoms with Crippen LogP contribution in [0.3, 0.4) is 0 Å². The van der Waals surface area contributed by atoms with Crippen LogP contribution in [0, 0.1) is 34.7 Å². The molecule has 2 aliphatic rings. The molecule has 2 aliphatic carbocycles. The third kappa shape index (κ3) is 5.52. The van der Waals surface area contributed by atoms with E-state index in [-0.39, 0.29) is 34.8 Å². The Morgan fingerprint density at radius 1 is 1.10 bits per heavy atom. The summed E-state index contributed by atoms with van der Waals surface area (Å²) in [6, 6.07) is 8.04. The number of nitrogens with zero attached hydrogens (tertiary/aromatic N) is 1. The van der Waals surface area contributed by atoms with Crippen LogP contribution in [0.25, 0.3) is 11.1 Å². The molecule has 41 heavy (non-hydrogen) atoms. The summed E-state index contributed by atoms with van der Waals surface area (Å²) >= 11 is 0. The molecule has 5 rings (SSSR count). The summed E-state index contributed by atoms with van der Waals surface area (Å²) in [6.07, 6.45) is 2.46. The first kappa shape index (κ1) is 30.4. The number of fused-ring (bicyclic) bond motifs is 2. The number of halogens is 3. The van der Waals surface area contributed by atoms with Gasteiger partial charge in [0.2, 0.25) is 5.88 Å². The summed E-state index contributed by atoms with van der Waals surface area (Å²) < 4.78 is 56.6. The lowest BCUT2D eigenvalue weighted by molar-refractivity contribution is -0.139. The zero-order chi connectivity index (χ0) is 30.3. The number of aromatic nitrogens is 1. The SMILES string of the molecule is CO.COc1cc(-c2ccc(COc3cc(F)c4c(c3F)C3(CC4)C(C(=O)O)[C@@H]3C)cc2CC(C)(C)C)c(F)cn1. The van der Waals surface area contributed by atoms with Crippen LogP contribution < -0.4 is 9.47 Å². The molecule has 220 valence electrons. The van der Waals surface area contributed by atoms with Crippen molar-refractivity contribution in [1.82, 2.24) is 4.98 Å². The number of pyridine rings is 1. The molecule has 0 saturated heterocycles. The smallest absolute Gasteiger partial charge is 0.307 e. The lowest BCUT2D eigenvalue weighted by Crippen LogP contribution is -2.15. The van der Waals surface area contributed by atoms with Crippen molar-refractivity contribution in [3.05, 3.63) is 76.2 Å². The Balaban J connectivity index is 0.00000189. The number of carbonyl (C=O) groups is 1. The van der Waals surface area contributed by atoms with Gasteiger partial charge in [-0.25, -0.2) is 18.2 Å². The van der Waals surface area contributed by atoms with Crippen LogP contribution in [0.5, 0.6) is 11.6 Å². The highest BCUT2D eigenvalue weighted by Crippen LogP contribution is 2.67. The van der Waals surface area contributed by atoms with Gasteiger partial charge in [0, 0.05) is 35.8 Å². The molecule has 1 heterocycles. The first-order valence-corrected chi connectivity index (χ1v) is 13.5. The molecule has 0 radical (unpaired) electrons. The summed E-state index contributed by atoms with van der Waals surface area (Å²) in [7, 11) is 2.47. The van der Waals surface area contributed by atoms with Gasteiger partial charge in [0.1, 0.15) is 18.2 Å². The molecule has 1 spiro atoms. The number of hydrogen-bond acceptors (Lipinski definition) is 5. The molecule has 9 heteroatoms. The topological polar surface area (TPSA) is 88.9 Å². The average molecular weight is 572 g/mol. The lowest BCUT2D eigenvalue weighted by Gasteiger charge is -2.22. The minimum atomic E-state index is -0.990. The van der Waals surface area contributed by atoms with Crippen LogP contribution in [0.2, 0.25) is 0 Å². The summed E-state index contributed by atoms with van der Waals surface area (Å²) in [5.41, 5.74) is 2.02. The predicted molar refractivity (Wildman–Crippen MR) is 148 cm³/mol. The Morgan fingerprint density at radius 2 is 1.80 bits per heavy atom. The van der Waals surface area contributed by atoms with Crippen molar-refractivity contribution in [1.29, 1.82) is 0 Å². The van der Waals surface area contributed by atoms with Crippen LogP contribution in [-0.2, 0) is 29.7 Å². The summed E-state index contributed by atoms with van der Waals surface area (Å²) in [5, 5.41) is 16.6. The molecule has 1 saturated carbocycles. The second-order valence-corrected chi connectivity index (χ2v) is 11.9. The largest absolute Gasteiger partial charge is 0.486 e. The maximum atomic E-state index is 15.8. The Hall–Kier alpha value is -3.59. The number of aliphatic hydroxyl groups is 1. The quantitative estimate of drug-likeness (QED) is 0.337. The fourth-order valence-electron chi connectivity index (χ4n) is 6.38. The normalized spacial score (nSPS) is 20.7. The van der Waals surface area contributed by atoms with E-state index < -0.39 is 34.8 Å². The van der Waals surface area contributed by atoms with Crippen molar-refractivity contribution < 1.29 is 37.7 Å². The highest BCUT2D eigenvalue weighted by molar-refractivity contribution is 5.79. The summed E-state index contributed by atoms with van der Waals surface area (Å²) in [4.78, 5) is 15.7. The molecule has 6 nitrogen and oxygen atoms in total. The second kappa shape index (κ2) is 11.4. The van der Waals surface area contributed by atoms with Gasteiger partial charge in [0.15, 0.2) is 11.6 Å². The Morgan fingerprint density at radius 3 is 2.41 bits per heavy atom. The van der Waals surface area contributed by atoms with Gasteiger partial charge in [-0.3, -0.25) is 4.79 Å². The molecule has 2 aromatic carbocycles.